The fraction of sp³-hybridized carbons (Fsp3) is 0.371. The van der Waals surface area contributed by atoms with Gasteiger partial charge < -0.3 is 15.2 Å². The van der Waals surface area contributed by atoms with Crippen LogP contribution in [0, 0.1) is 5.82 Å². The highest BCUT2D eigenvalue weighted by Gasteiger charge is 2.53. The number of rotatable bonds is 4. The van der Waals surface area contributed by atoms with Crippen LogP contribution in [0.4, 0.5) is 9.18 Å². The van der Waals surface area contributed by atoms with Crippen LogP contribution in [0.3, 0.4) is 0 Å². The van der Waals surface area contributed by atoms with E-state index in [1.54, 1.807) is 35.8 Å². The van der Waals surface area contributed by atoms with Crippen LogP contribution >= 0.6 is 0 Å². The van der Waals surface area contributed by atoms with Crippen molar-refractivity contribution in [3.8, 4) is 22.4 Å². The van der Waals surface area contributed by atoms with E-state index in [1.165, 1.54) is 6.07 Å². The monoisotopic (exact) mass is 595 g/mol. The molecule has 0 bridgehead atoms. The average Bonchev–Trinajstić information content (AvgIpc) is 3.36. The van der Waals surface area contributed by atoms with Crippen LogP contribution in [-0.4, -0.2) is 42.0 Å². The van der Waals surface area contributed by atoms with Gasteiger partial charge in [-0.25, -0.2) is 19.2 Å². The summed E-state index contributed by atoms with van der Waals surface area (Å²) in [6.07, 6.45) is 1.89. The van der Waals surface area contributed by atoms with E-state index in [4.69, 9.17) is 14.8 Å². The summed E-state index contributed by atoms with van der Waals surface area (Å²) in [4.78, 5) is 22.5. The highest BCUT2D eigenvalue weighted by atomic mass is 19.1. The Morgan fingerprint density at radius 3 is 2.30 bits per heavy atom. The van der Waals surface area contributed by atoms with Crippen molar-refractivity contribution in [2.75, 3.05) is 0 Å². The van der Waals surface area contributed by atoms with Gasteiger partial charge in [0.15, 0.2) is 11.3 Å². The fourth-order valence-electron chi connectivity index (χ4n) is 6.07. The number of aliphatic hydroxyl groups is 1. The standard InChI is InChI=1S/C35H38FN5O3/c1-32(2,3)27-17-28-37-18-22-16-25(24-10-8-9-11-26(24)36)29(38-30(22)41(28)40-27)21-12-14-23(15-13-21)35(19-34(7,43)20-35)39-31(42)44-33(4,5)6/h8-18,43H,19-20H2,1-7H3,(H,39,42)/t34-,35-. The summed E-state index contributed by atoms with van der Waals surface area (Å²) in [6.45, 7) is 13.5. The van der Waals surface area contributed by atoms with Gasteiger partial charge in [-0.05, 0) is 45.4 Å². The number of benzene rings is 2. The van der Waals surface area contributed by atoms with E-state index in [2.05, 4.69) is 31.1 Å². The van der Waals surface area contributed by atoms with Gasteiger partial charge in [-0.2, -0.15) is 9.61 Å². The van der Waals surface area contributed by atoms with Crippen molar-refractivity contribution in [2.24, 2.45) is 0 Å². The van der Waals surface area contributed by atoms with Gasteiger partial charge in [-0.15, -0.1) is 0 Å². The second kappa shape index (κ2) is 10.1. The number of nitrogens with one attached hydrogen (secondary N) is 1. The summed E-state index contributed by atoms with van der Waals surface area (Å²) < 4.78 is 22.5. The quantitative estimate of drug-likeness (QED) is 0.226. The molecule has 0 spiro atoms. The van der Waals surface area contributed by atoms with Crippen molar-refractivity contribution in [3.63, 3.8) is 0 Å². The molecular formula is C35H38FN5O3. The molecule has 2 N–H and O–H groups in total. The Kier molecular flexibility index (Phi) is 6.81. The lowest BCUT2D eigenvalue weighted by Gasteiger charge is -2.52. The van der Waals surface area contributed by atoms with E-state index >= 15 is 4.39 Å². The molecule has 1 saturated carbocycles. The Balaban J connectivity index is 1.48. The van der Waals surface area contributed by atoms with E-state index in [-0.39, 0.29) is 11.2 Å². The topological polar surface area (TPSA) is 102 Å². The van der Waals surface area contributed by atoms with Crippen LogP contribution in [0.1, 0.15) is 72.6 Å². The lowest BCUT2D eigenvalue weighted by atomic mass is 9.62. The maximum absolute atomic E-state index is 15.2. The Hall–Kier alpha value is -4.37. The molecule has 0 atom stereocenters. The third-order valence-electron chi connectivity index (χ3n) is 8.01. The molecule has 0 radical (unpaired) electrons. The van der Waals surface area contributed by atoms with Gasteiger partial charge in [0.1, 0.15) is 11.4 Å². The number of aromatic nitrogens is 4. The zero-order chi connectivity index (χ0) is 31.7. The van der Waals surface area contributed by atoms with E-state index in [0.29, 0.717) is 41.0 Å². The Morgan fingerprint density at radius 1 is 1.00 bits per heavy atom. The third kappa shape index (κ3) is 5.52. The zero-order valence-corrected chi connectivity index (χ0v) is 26.2. The maximum atomic E-state index is 15.2. The number of amides is 1. The van der Waals surface area contributed by atoms with Crippen molar-refractivity contribution in [2.45, 2.75) is 83.5 Å². The van der Waals surface area contributed by atoms with Crippen molar-refractivity contribution in [1.82, 2.24) is 24.9 Å². The highest BCUT2D eigenvalue weighted by molar-refractivity contribution is 5.91. The van der Waals surface area contributed by atoms with Gasteiger partial charge >= 0.3 is 6.09 Å². The summed E-state index contributed by atoms with van der Waals surface area (Å²) in [6, 6.07) is 18.2. The first kappa shape index (κ1) is 29.7. The van der Waals surface area contributed by atoms with Gasteiger partial charge in [0.05, 0.1) is 22.5 Å². The molecule has 8 nitrogen and oxygen atoms in total. The Bertz CT molecular complexity index is 1890. The molecule has 0 saturated heterocycles. The minimum absolute atomic E-state index is 0.179. The van der Waals surface area contributed by atoms with Crippen LogP contribution in [0.25, 0.3) is 39.1 Å². The van der Waals surface area contributed by atoms with Crippen LogP contribution in [-0.2, 0) is 15.7 Å². The van der Waals surface area contributed by atoms with Gasteiger partial charge in [0.25, 0.3) is 0 Å². The number of hydrogen-bond donors (Lipinski definition) is 2. The molecule has 6 rings (SSSR count). The van der Waals surface area contributed by atoms with E-state index in [0.717, 1.165) is 22.2 Å². The second-order valence-electron chi connectivity index (χ2n) is 14.2. The molecule has 2 aromatic carbocycles. The van der Waals surface area contributed by atoms with Crippen molar-refractivity contribution >= 4 is 22.8 Å². The molecule has 3 heterocycles. The zero-order valence-electron chi connectivity index (χ0n) is 26.2. The number of pyridine rings is 1. The number of halogens is 1. The first-order valence-corrected chi connectivity index (χ1v) is 14.8. The summed E-state index contributed by atoms with van der Waals surface area (Å²) in [5, 5.41) is 19.3. The molecule has 44 heavy (non-hydrogen) atoms. The molecule has 1 amide bonds. The lowest BCUT2D eigenvalue weighted by Crippen LogP contribution is -2.62. The first-order valence-electron chi connectivity index (χ1n) is 14.8. The summed E-state index contributed by atoms with van der Waals surface area (Å²) >= 11 is 0. The van der Waals surface area contributed by atoms with Crippen molar-refractivity contribution < 1.29 is 19.0 Å². The molecule has 3 aromatic heterocycles. The minimum Gasteiger partial charge on any atom is -0.444 e. The predicted molar refractivity (Wildman–Crippen MR) is 169 cm³/mol. The summed E-state index contributed by atoms with van der Waals surface area (Å²) in [5.74, 6) is -0.355. The molecule has 0 unspecified atom stereocenters. The highest BCUT2D eigenvalue weighted by Crippen LogP contribution is 2.49. The van der Waals surface area contributed by atoms with E-state index in [9.17, 15) is 9.90 Å². The molecule has 5 aromatic rings. The minimum atomic E-state index is -0.916. The van der Waals surface area contributed by atoms with Crippen LogP contribution in [0.5, 0.6) is 0 Å². The number of ether oxygens (including phenoxy) is 1. The van der Waals surface area contributed by atoms with Crippen LogP contribution in [0.15, 0.2) is 66.9 Å². The van der Waals surface area contributed by atoms with Crippen molar-refractivity contribution in [3.05, 3.63) is 83.9 Å². The van der Waals surface area contributed by atoms with Gasteiger partial charge in [-0.1, -0.05) is 63.2 Å². The average molecular weight is 596 g/mol. The SMILES string of the molecule is CC(C)(C)OC(=O)N[C@]1(c2ccc(-c3nc4c(cnc5cc(C(C)(C)C)nn54)cc3-c3ccccc3F)cc2)C[C@@](C)(O)C1. The van der Waals surface area contributed by atoms with Gasteiger partial charge in [-0.3, -0.25) is 0 Å². The number of fused-ring (bicyclic) bond motifs is 3. The van der Waals surface area contributed by atoms with E-state index in [1.807, 2.05) is 57.2 Å². The van der Waals surface area contributed by atoms with E-state index < -0.39 is 22.8 Å². The lowest BCUT2D eigenvalue weighted by molar-refractivity contribution is -0.0892. The molecule has 0 aliphatic heterocycles. The summed E-state index contributed by atoms with van der Waals surface area (Å²) in [7, 11) is 0. The predicted octanol–water partition coefficient (Wildman–Crippen LogP) is 7.31. The number of hydrogen-bond acceptors (Lipinski definition) is 6. The number of carbonyl (C=O) groups excluding carboxylic acids is 1. The molecular weight excluding hydrogens is 557 g/mol. The smallest absolute Gasteiger partial charge is 0.408 e. The largest absolute Gasteiger partial charge is 0.444 e. The molecule has 9 heteroatoms. The maximum Gasteiger partial charge on any atom is 0.408 e. The van der Waals surface area contributed by atoms with Crippen LogP contribution < -0.4 is 5.32 Å². The molecule has 1 fully saturated rings. The first-order chi connectivity index (χ1) is 20.5. The Morgan fingerprint density at radius 2 is 1.68 bits per heavy atom. The fourth-order valence-corrected chi connectivity index (χ4v) is 6.07. The van der Waals surface area contributed by atoms with Gasteiger partial charge in [0.2, 0.25) is 0 Å². The molecule has 228 valence electrons. The number of nitrogens with zero attached hydrogens (tertiary/aromatic N) is 4. The number of alkyl carbamates (subject to hydrolysis) is 1. The third-order valence-corrected chi connectivity index (χ3v) is 8.01. The molecule has 1 aliphatic rings. The van der Waals surface area contributed by atoms with Crippen LogP contribution in [0.2, 0.25) is 0 Å². The van der Waals surface area contributed by atoms with Gasteiger partial charge in [0, 0.05) is 52.6 Å². The number of carbonyl (C=O) groups is 1. The van der Waals surface area contributed by atoms with Crippen molar-refractivity contribution in [1.29, 1.82) is 0 Å². The summed E-state index contributed by atoms with van der Waals surface area (Å²) in [5.41, 5.74) is 2.89. The Labute approximate surface area is 256 Å². The molecule has 1 aliphatic carbocycles. The second-order valence-corrected chi connectivity index (χ2v) is 14.2. The normalized spacial score (nSPS) is 20.5.